The fourth-order valence-corrected chi connectivity index (χ4v) is 3.95. The van der Waals surface area contributed by atoms with Gasteiger partial charge in [0.05, 0.1) is 11.4 Å². The second-order valence-corrected chi connectivity index (χ2v) is 8.35. The van der Waals surface area contributed by atoms with E-state index in [1.807, 2.05) is 0 Å². The van der Waals surface area contributed by atoms with E-state index in [9.17, 15) is 22.8 Å². The lowest BCUT2D eigenvalue weighted by Gasteiger charge is -2.29. The molecular formula is C27H24F3N3O3. The number of amides is 1. The molecule has 186 valence electrons. The van der Waals surface area contributed by atoms with Crippen LogP contribution in [0.4, 0.5) is 18.9 Å². The Balaban J connectivity index is 1.77. The number of rotatable bonds is 7. The molecule has 0 saturated carbocycles. The highest BCUT2D eigenvalue weighted by Gasteiger charge is 2.49. The molecule has 1 heterocycles. The van der Waals surface area contributed by atoms with Crippen molar-refractivity contribution < 1.29 is 27.5 Å². The predicted octanol–water partition coefficient (Wildman–Crippen LogP) is 4.61. The summed E-state index contributed by atoms with van der Waals surface area (Å²) in [5.74, 6) is -2.06. The fraction of sp³-hybridized carbons (Fsp3) is 0.222. The summed E-state index contributed by atoms with van der Waals surface area (Å²) in [6.07, 6.45) is -5.87. The minimum absolute atomic E-state index is 0.150. The topological polar surface area (TPSA) is 85.0 Å². The summed E-state index contributed by atoms with van der Waals surface area (Å²) in [5, 5.41) is 0. The summed E-state index contributed by atoms with van der Waals surface area (Å²) >= 11 is 0. The first-order valence-corrected chi connectivity index (χ1v) is 11.3. The van der Waals surface area contributed by atoms with Gasteiger partial charge in [-0.05, 0) is 18.1 Å². The summed E-state index contributed by atoms with van der Waals surface area (Å²) in [6.45, 7) is -0.457. The van der Waals surface area contributed by atoms with E-state index in [4.69, 9.17) is 10.5 Å². The molecule has 1 aliphatic heterocycles. The quantitative estimate of drug-likeness (QED) is 0.383. The molecule has 1 amide bonds. The number of anilines is 1. The predicted molar refractivity (Wildman–Crippen MR) is 129 cm³/mol. The lowest BCUT2D eigenvalue weighted by molar-refractivity contribution is -0.155. The van der Waals surface area contributed by atoms with E-state index in [0.29, 0.717) is 22.4 Å². The van der Waals surface area contributed by atoms with Crippen molar-refractivity contribution in [2.24, 2.45) is 10.7 Å². The maximum atomic E-state index is 13.7. The lowest BCUT2D eigenvalue weighted by atomic mass is 10.00. The van der Waals surface area contributed by atoms with Crippen LogP contribution < -0.4 is 10.6 Å². The van der Waals surface area contributed by atoms with Crippen molar-refractivity contribution >= 4 is 23.3 Å². The third-order valence-corrected chi connectivity index (χ3v) is 5.72. The summed E-state index contributed by atoms with van der Waals surface area (Å²) in [7, 11) is 0. The Morgan fingerprint density at radius 1 is 0.944 bits per heavy atom. The molecule has 0 spiro atoms. The number of alkyl halides is 3. The molecule has 1 unspecified atom stereocenters. The molecule has 4 rings (SSSR count). The van der Waals surface area contributed by atoms with Crippen LogP contribution in [0.5, 0.6) is 0 Å². The zero-order chi connectivity index (χ0) is 25.8. The molecule has 1 atom stereocenters. The molecule has 36 heavy (non-hydrogen) atoms. The summed E-state index contributed by atoms with van der Waals surface area (Å²) in [4.78, 5) is 32.5. The zero-order valence-corrected chi connectivity index (χ0v) is 19.2. The zero-order valence-electron chi connectivity index (χ0n) is 19.2. The van der Waals surface area contributed by atoms with E-state index in [1.54, 1.807) is 84.9 Å². The molecule has 0 bridgehead atoms. The summed E-state index contributed by atoms with van der Waals surface area (Å²) < 4.78 is 44.0. The first kappa shape index (κ1) is 25.1. The molecule has 0 fully saturated rings. The second kappa shape index (κ2) is 10.3. The molecule has 0 aliphatic carbocycles. The number of halogens is 3. The molecule has 6 nitrogen and oxygen atoms in total. The number of hydrogen-bond donors (Lipinski definition) is 1. The number of nitrogens with zero attached hydrogens (tertiary/aromatic N) is 2. The molecule has 1 aliphatic rings. The largest absolute Gasteiger partial charge is 0.458 e. The number of carbonyl (C=O) groups excluding carboxylic acids is 2. The van der Waals surface area contributed by atoms with Crippen LogP contribution in [0.15, 0.2) is 89.9 Å². The SMILES string of the molecule is NC1(C(=O)OCc2ccccc2)N=C(c2ccccc2)c2ccccc2N(CCCC(F)(F)F)C1=O. The number of hydrogen-bond acceptors (Lipinski definition) is 5. The van der Waals surface area contributed by atoms with Crippen LogP contribution in [0, 0.1) is 0 Å². The van der Waals surface area contributed by atoms with Gasteiger partial charge in [0.25, 0.3) is 11.6 Å². The number of aliphatic imine (C=N–C) groups is 1. The average molecular weight is 496 g/mol. The lowest BCUT2D eigenvalue weighted by Crippen LogP contribution is -2.60. The molecule has 0 aromatic heterocycles. The van der Waals surface area contributed by atoms with Gasteiger partial charge in [0.15, 0.2) is 0 Å². The van der Waals surface area contributed by atoms with Gasteiger partial charge < -0.3 is 9.64 Å². The Kier molecular flexibility index (Phi) is 7.21. The highest BCUT2D eigenvalue weighted by molar-refractivity contribution is 6.24. The number of nitrogens with two attached hydrogens (primary N) is 1. The molecule has 0 radical (unpaired) electrons. The van der Waals surface area contributed by atoms with Crippen LogP contribution in [-0.4, -0.2) is 36.0 Å². The van der Waals surface area contributed by atoms with Crippen molar-refractivity contribution in [2.45, 2.75) is 31.3 Å². The molecule has 0 saturated heterocycles. The Bertz CT molecular complexity index is 1260. The normalized spacial score (nSPS) is 17.7. The minimum Gasteiger partial charge on any atom is -0.458 e. The second-order valence-electron chi connectivity index (χ2n) is 8.35. The van der Waals surface area contributed by atoms with Crippen molar-refractivity contribution in [2.75, 3.05) is 11.4 Å². The number of benzene rings is 3. The Morgan fingerprint density at radius 3 is 2.22 bits per heavy atom. The van der Waals surface area contributed by atoms with Crippen molar-refractivity contribution in [1.82, 2.24) is 0 Å². The highest BCUT2D eigenvalue weighted by atomic mass is 19.4. The first-order chi connectivity index (χ1) is 17.2. The van der Waals surface area contributed by atoms with E-state index in [0.717, 1.165) is 4.90 Å². The van der Waals surface area contributed by atoms with Gasteiger partial charge in [0, 0.05) is 24.1 Å². The smallest absolute Gasteiger partial charge is 0.389 e. The van der Waals surface area contributed by atoms with Gasteiger partial charge in [0.1, 0.15) is 6.61 Å². The van der Waals surface area contributed by atoms with Gasteiger partial charge in [-0.1, -0.05) is 78.9 Å². The maximum absolute atomic E-state index is 13.7. The van der Waals surface area contributed by atoms with Crippen LogP contribution >= 0.6 is 0 Å². The monoisotopic (exact) mass is 495 g/mol. The third-order valence-electron chi connectivity index (χ3n) is 5.72. The van der Waals surface area contributed by atoms with Crippen LogP contribution in [-0.2, 0) is 20.9 Å². The highest BCUT2D eigenvalue weighted by Crippen LogP contribution is 2.32. The van der Waals surface area contributed by atoms with E-state index in [2.05, 4.69) is 4.99 Å². The van der Waals surface area contributed by atoms with Gasteiger partial charge in [-0.3, -0.25) is 10.5 Å². The molecule has 9 heteroatoms. The summed E-state index contributed by atoms with van der Waals surface area (Å²) in [6, 6.07) is 24.3. The van der Waals surface area contributed by atoms with Crippen LogP contribution in [0.25, 0.3) is 0 Å². The van der Waals surface area contributed by atoms with Crippen LogP contribution in [0.1, 0.15) is 29.5 Å². The minimum atomic E-state index is -4.39. The fourth-order valence-electron chi connectivity index (χ4n) is 3.95. The van der Waals surface area contributed by atoms with Gasteiger partial charge in [-0.2, -0.15) is 13.2 Å². The third kappa shape index (κ3) is 5.46. The van der Waals surface area contributed by atoms with Crippen molar-refractivity contribution in [3.8, 4) is 0 Å². The van der Waals surface area contributed by atoms with E-state index in [1.165, 1.54) is 0 Å². The Hall–Kier alpha value is -3.98. The molecular weight excluding hydrogens is 471 g/mol. The Morgan fingerprint density at radius 2 is 1.56 bits per heavy atom. The van der Waals surface area contributed by atoms with Gasteiger partial charge in [0.2, 0.25) is 0 Å². The average Bonchev–Trinajstić information content (AvgIpc) is 2.97. The number of ether oxygens (including phenoxy) is 1. The number of esters is 1. The first-order valence-electron chi connectivity index (χ1n) is 11.3. The number of carbonyl (C=O) groups is 2. The number of benzodiazepines with no additional fused rings is 1. The van der Waals surface area contributed by atoms with Crippen molar-refractivity contribution in [3.05, 3.63) is 102 Å². The summed E-state index contributed by atoms with van der Waals surface area (Å²) in [5.41, 5.74) is 6.19. The standard InChI is InChI=1S/C27H24F3N3O3/c28-26(29,30)16-9-17-33-22-15-8-7-14-21(22)23(20-12-5-2-6-13-20)32-27(31,24(33)34)25(35)36-18-19-10-3-1-4-11-19/h1-8,10-15H,9,16-18,31H2. The van der Waals surface area contributed by atoms with Crippen LogP contribution in [0.2, 0.25) is 0 Å². The molecule has 3 aromatic carbocycles. The molecule has 2 N–H and O–H groups in total. The van der Waals surface area contributed by atoms with Crippen molar-refractivity contribution in [1.29, 1.82) is 0 Å². The van der Waals surface area contributed by atoms with Crippen LogP contribution in [0.3, 0.4) is 0 Å². The molecule has 3 aromatic rings. The van der Waals surface area contributed by atoms with Gasteiger partial charge >= 0.3 is 12.1 Å². The Labute approximate surface area is 206 Å². The van der Waals surface area contributed by atoms with E-state index in [-0.39, 0.29) is 25.3 Å². The van der Waals surface area contributed by atoms with Gasteiger partial charge in [-0.25, -0.2) is 9.79 Å². The number of para-hydroxylation sites is 1. The van der Waals surface area contributed by atoms with E-state index < -0.39 is 30.1 Å². The van der Waals surface area contributed by atoms with E-state index >= 15 is 0 Å². The number of fused-ring (bicyclic) bond motifs is 1. The van der Waals surface area contributed by atoms with Gasteiger partial charge in [-0.15, -0.1) is 0 Å². The van der Waals surface area contributed by atoms with Crippen molar-refractivity contribution in [3.63, 3.8) is 0 Å². The maximum Gasteiger partial charge on any atom is 0.389 e.